The number of piperidine rings is 1. The summed E-state index contributed by atoms with van der Waals surface area (Å²) in [5, 5.41) is 0. The molecule has 122 valence electrons. The van der Waals surface area contributed by atoms with Crippen LogP contribution in [-0.4, -0.2) is 50.5 Å². The molecule has 1 aliphatic carbocycles. The highest BCUT2D eigenvalue weighted by molar-refractivity contribution is 5.38. The number of nitrogens with zero attached hydrogens (tertiary/aromatic N) is 3. The van der Waals surface area contributed by atoms with Crippen molar-refractivity contribution in [2.45, 2.75) is 38.2 Å². The Morgan fingerprint density at radius 2 is 1.77 bits per heavy atom. The van der Waals surface area contributed by atoms with Crippen LogP contribution in [0.3, 0.4) is 0 Å². The van der Waals surface area contributed by atoms with Gasteiger partial charge in [0.05, 0.1) is 26.4 Å². The molecule has 2 fully saturated rings. The molecule has 2 atom stereocenters. The molecule has 0 unspecified atom stereocenters. The lowest BCUT2D eigenvalue weighted by molar-refractivity contribution is 0.00201. The van der Waals surface area contributed by atoms with E-state index in [-0.39, 0.29) is 5.41 Å². The molecule has 0 aromatic carbocycles. The van der Waals surface area contributed by atoms with Crippen molar-refractivity contribution in [2.75, 3.05) is 39.3 Å². The Hall–Kier alpha value is -1.56. The van der Waals surface area contributed by atoms with Crippen LogP contribution >= 0.6 is 0 Å². The Morgan fingerprint density at radius 1 is 1.09 bits per heavy atom. The molecule has 1 aromatic rings. The number of rotatable bonds is 4. The molecule has 0 amide bonds. The maximum absolute atomic E-state index is 5.76. The molecule has 1 aromatic heterocycles. The van der Waals surface area contributed by atoms with E-state index in [1.165, 1.54) is 19.3 Å². The van der Waals surface area contributed by atoms with Crippen LogP contribution in [0.1, 0.15) is 32.1 Å². The van der Waals surface area contributed by atoms with Crippen LogP contribution in [0.5, 0.6) is 11.8 Å². The van der Waals surface area contributed by atoms with E-state index in [0.29, 0.717) is 23.8 Å². The van der Waals surface area contributed by atoms with E-state index in [9.17, 15) is 0 Å². The number of hydrogen-bond donors (Lipinski definition) is 0. The van der Waals surface area contributed by atoms with Crippen LogP contribution in [0.15, 0.2) is 6.07 Å². The van der Waals surface area contributed by atoms with Gasteiger partial charge in [-0.1, -0.05) is 6.42 Å². The third kappa shape index (κ3) is 2.72. The third-order valence-corrected chi connectivity index (χ3v) is 5.09. The van der Waals surface area contributed by atoms with Crippen LogP contribution in [0.2, 0.25) is 0 Å². The number of anilines is 1. The first-order valence-corrected chi connectivity index (χ1v) is 7.95. The van der Waals surface area contributed by atoms with Gasteiger partial charge in [-0.2, -0.15) is 9.97 Å². The number of hydrogen-bond acceptors (Lipinski definition) is 6. The SMILES string of the molecule is COc1cc(OC)nc(N2CCC[C@@]3(CCC[C@H]3OC)C2)n1. The number of ether oxygens (including phenoxy) is 3. The molecule has 22 heavy (non-hydrogen) atoms. The molecule has 3 rings (SSSR count). The summed E-state index contributed by atoms with van der Waals surface area (Å²) in [6, 6.07) is 1.71. The van der Waals surface area contributed by atoms with Gasteiger partial charge in [0, 0.05) is 25.6 Å². The lowest BCUT2D eigenvalue weighted by Gasteiger charge is -2.43. The second kappa shape index (κ2) is 6.28. The minimum atomic E-state index is 0.243. The van der Waals surface area contributed by atoms with Crippen molar-refractivity contribution in [1.82, 2.24) is 9.97 Å². The summed E-state index contributed by atoms with van der Waals surface area (Å²) < 4.78 is 16.3. The molecule has 1 spiro atoms. The van der Waals surface area contributed by atoms with E-state index in [0.717, 1.165) is 25.9 Å². The quantitative estimate of drug-likeness (QED) is 0.850. The van der Waals surface area contributed by atoms with Gasteiger partial charge >= 0.3 is 0 Å². The summed E-state index contributed by atoms with van der Waals surface area (Å²) >= 11 is 0. The first-order valence-electron chi connectivity index (χ1n) is 7.95. The van der Waals surface area contributed by atoms with Crippen LogP contribution in [0, 0.1) is 5.41 Å². The Kier molecular flexibility index (Phi) is 4.38. The lowest BCUT2D eigenvalue weighted by atomic mass is 9.76. The smallest absolute Gasteiger partial charge is 0.231 e. The van der Waals surface area contributed by atoms with Gasteiger partial charge in [-0.25, -0.2) is 0 Å². The molecule has 1 aliphatic heterocycles. The first-order chi connectivity index (χ1) is 10.7. The summed E-state index contributed by atoms with van der Waals surface area (Å²) in [5.74, 6) is 1.77. The fraction of sp³-hybridized carbons (Fsp3) is 0.750. The molecule has 6 nitrogen and oxygen atoms in total. The van der Waals surface area contributed by atoms with Crippen molar-refractivity contribution < 1.29 is 14.2 Å². The molecule has 0 radical (unpaired) electrons. The zero-order chi connectivity index (χ0) is 15.6. The second-order valence-corrected chi connectivity index (χ2v) is 6.26. The van der Waals surface area contributed by atoms with Gasteiger partial charge in [-0.3, -0.25) is 0 Å². The third-order valence-electron chi connectivity index (χ3n) is 5.09. The van der Waals surface area contributed by atoms with Crippen LogP contribution in [0.25, 0.3) is 0 Å². The average Bonchev–Trinajstić information content (AvgIpc) is 2.96. The Balaban J connectivity index is 1.85. The summed E-state index contributed by atoms with van der Waals surface area (Å²) in [5.41, 5.74) is 0.243. The van der Waals surface area contributed by atoms with Crippen molar-refractivity contribution in [2.24, 2.45) is 5.41 Å². The van der Waals surface area contributed by atoms with Gasteiger partial charge in [0.2, 0.25) is 17.7 Å². The van der Waals surface area contributed by atoms with Crippen molar-refractivity contribution in [3.8, 4) is 11.8 Å². The van der Waals surface area contributed by atoms with Gasteiger partial charge in [-0.15, -0.1) is 0 Å². The molecule has 0 N–H and O–H groups in total. The summed E-state index contributed by atoms with van der Waals surface area (Å²) in [6.07, 6.45) is 6.35. The predicted molar refractivity (Wildman–Crippen MR) is 83.7 cm³/mol. The predicted octanol–water partition coefficient (Wildman–Crippen LogP) is 2.28. The van der Waals surface area contributed by atoms with Gasteiger partial charge in [0.25, 0.3) is 0 Å². The molecule has 6 heteroatoms. The first kappa shape index (κ1) is 15.3. The van der Waals surface area contributed by atoms with Gasteiger partial charge in [0.15, 0.2) is 0 Å². The zero-order valence-electron chi connectivity index (χ0n) is 13.7. The number of methoxy groups -OCH3 is 3. The van der Waals surface area contributed by atoms with Crippen molar-refractivity contribution in [3.05, 3.63) is 6.07 Å². The molecule has 1 saturated heterocycles. The Labute approximate surface area is 131 Å². The Morgan fingerprint density at radius 3 is 2.41 bits per heavy atom. The second-order valence-electron chi connectivity index (χ2n) is 6.26. The summed E-state index contributed by atoms with van der Waals surface area (Å²) in [6.45, 7) is 1.91. The standard InChI is InChI=1S/C16H25N3O3/c1-20-12-6-4-7-16(12)8-5-9-19(11-16)15-17-13(21-2)10-14(18-15)22-3/h10,12H,4-9,11H2,1-3H3/t12-,16+/m1/s1. The highest BCUT2D eigenvalue weighted by Crippen LogP contribution is 2.46. The van der Waals surface area contributed by atoms with E-state index < -0.39 is 0 Å². The zero-order valence-corrected chi connectivity index (χ0v) is 13.7. The molecule has 2 heterocycles. The van der Waals surface area contributed by atoms with Crippen LogP contribution in [-0.2, 0) is 4.74 Å². The molecular weight excluding hydrogens is 282 g/mol. The van der Waals surface area contributed by atoms with E-state index in [4.69, 9.17) is 14.2 Å². The highest BCUT2D eigenvalue weighted by atomic mass is 16.5. The van der Waals surface area contributed by atoms with E-state index in [1.807, 2.05) is 7.11 Å². The van der Waals surface area contributed by atoms with Gasteiger partial charge in [-0.05, 0) is 25.7 Å². The largest absolute Gasteiger partial charge is 0.481 e. The maximum Gasteiger partial charge on any atom is 0.231 e. The van der Waals surface area contributed by atoms with Crippen molar-refractivity contribution in [1.29, 1.82) is 0 Å². The molecule has 1 saturated carbocycles. The van der Waals surface area contributed by atoms with E-state index >= 15 is 0 Å². The van der Waals surface area contributed by atoms with Gasteiger partial charge in [0.1, 0.15) is 0 Å². The van der Waals surface area contributed by atoms with Crippen LogP contribution < -0.4 is 14.4 Å². The maximum atomic E-state index is 5.76. The summed E-state index contributed by atoms with van der Waals surface area (Å²) in [7, 11) is 5.06. The molecule has 0 bridgehead atoms. The topological polar surface area (TPSA) is 56.7 Å². The lowest BCUT2D eigenvalue weighted by Crippen LogP contribution is -2.48. The summed E-state index contributed by atoms with van der Waals surface area (Å²) in [4.78, 5) is 11.3. The number of aromatic nitrogens is 2. The normalized spacial score (nSPS) is 28.1. The monoisotopic (exact) mass is 307 g/mol. The molecule has 2 aliphatic rings. The fourth-order valence-corrected chi connectivity index (χ4v) is 4.02. The minimum Gasteiger partial charge on any atom is -0.481 e. The van der Waals surface area contributed by atoms with E-state index in [2.05, 4.69) is 14.9 Å². The van der Waals surface area contributed by atoms with Gasteiger partial charge < -0.3 is 19.1 Å². The van der Waals surface area contributed by atoms with Crippen molar-refractivity contribution in [3.63, 3.8) is 0 Å². The minimum absolute atomic E-state index is 0.243. The van der Waals surface area contributed by atoms with Crippen molar-refractivity contribution >= 4 is 5.95 Å². The van der Waals surface area contributed by atoms with E-state index in [1.54, 1.807) is 20.3 Å². The highest BCUT2D eigenvalue weighted by Gasteiger charge is 2.46. The molecular formula is C16H25N3O3. The van der Waals surface area contributed by atoms with Crippen LogP contribution in [0.4, 0.5) is 5.95 Å². The fourth-order valence-electron chi connectivity index (χ4n) is 4.02. The Bertz CT molecular complexity index is 503. The average molecular weight is 307 g/mol.